The van der Waals surface area contributed by atoms with Crippen molar-refractivity contribution >= 4 is 33.7 Å². The first-order valence-electron chi connectivity index (χ1n) is 12.4. The molecule has 192 valence electrons. The molecular weight excluding hydrogens is 494 g/mol. The van der Waals surface area contributed by atoms with Gasteiger partial charge in [-0.15, -0.1) is 0 Å². The van der Waals surface area contributed by atoms with Crippen molar-refractivity contribution in [2.24, 2.45) is 5.92 Å². The summed E-state index contributed by atoms with van der Waals surface area (Å²) in [4.78, 5) is 9.58. The van der Waals surface area contributed by atoms with E-state index in [1.807, 2.05) is 19.9 Å². The third-order valence-electron chi connectivity index (χ3n) is 7.19. The first-order valence-corrected chi connectivity index (χ1v) is 12.8. The fourth-order valence-corrected chi connectivity index (χ4v) is 5.69. The lowest BCUT2D eigenvalue weighted by atomic mass is 9.88. The van der Waals surface area contributed by atoms with Gasteiger partial charge < -0.3 is 23.5 Å². The van der Waals surface area contributed by atoms with Crippen molar-refractivity contribution in [2.45, 2.75) is 52.2 Å². The Kier molecular flexibility index (Phi) is 5.82. The van der Waals surface area contributed by atoms with Crippen LogP contribution in [0.25, 0.3) is 33.3 Å². The van der Waals surface area contributed by atoms with Crippen molar-refractivity contribution in [1.29, 1.82) is 0 Å². The van der Waals surface area contributed by atoms with Gasteiger partial charge in [0.15, 0.2) is 0 Å². The summed E-state index contributed by atoms with van der Waals surface area (Å²) < 4.78 is 19.2. The normalized spacial score (nSPS) is 16.2. The van der Waals surface area contributed by atoms with Crippen LogP contribution in [0.15, 0.2) is 39.6 Å². The molecule has 1 atom stereocenters. The number of aliphatic hydroxyl groups is 1. The van der Waals surface area contributed by atoms with Crippen molar-refractivity contribution in [2.75, 3.05) is 13.2 Å². The van der Waals surface area contributed by atoms with E-state index in [9.17, 15) is 5.11 Å². The highest BCUT2D eigenvalue weighted by atomic mass is 35.5. The van der Waals surface area contributed by atoms with Gasteiger partial charge >= 0.3 is 0 Å². The number of aryl methyl sites for hydroxylation is 2. The zero-order chi connectivity index (χ0) is 25.9. The van der Waals surface area contributed by atoms with E-state index in [4.69, 9.17) is 35.4 Å². The van der Waals surface area contributed by atoms with Gasteiger partial charge in [-0.3, -0.25) is 4.98 Å². The molecular formula is C27H28ClN5O4. The number of fused-ring (bicyclic) bond motifs is 3. The van der Waals surface area contributed by atoms with Crippen LogP contribution in [0.4, 0.5) is 0 Å². The standard InChI is InChI=1S/C27H28ClN5O4/c1-14-21(15(2)36-31-14)17-11-20-22(30-13-17)25-24(26(32-37-25)27(3,4)34)33(20)23(16-6-9-35-10-7-16)19-12-18(28)5-8-29-19/h5,8,11-13,16,23,34H,6-7,9-10H2,1-4H3. The average molecular weight is 522 g/mol. The topological polar surface area (TPSA) is 112 Å². The molecule has 1 unspecified atom stereocenters. The van der Waals surface area contributed by atoms with Gasteiger partial charge in [0, 0.05) is 41.8 Å². The molecule has 6 rings (SSSR count). The monoisotopic (exact) mass is 521 g/mol. The lowest BCUT2D eigenvalue weighted by Crippen LogP contribution is -2.28. The predicted molar refractivity (Wildman–Crippen MR) is 138 cm³/mol. The summed E-state index contributed by atoms with van der Waals surface area (Å²) >= 11 is 6.46. The van der Waals surface area contributed by atoms with Crippen molar-refractivity contribution in [3.63, 3.8) is 0 Å². The van der Waals surface area contributed by atoms with Crippen LogP contribution in [0, 0.1) is 19.8 Å². The maximum absolute atomic E-state index is 11.1. The van der Waals surface area contributed by atoms with E-state index < -0.39 is 5.60 Å². The summed E-state index contributed by atoms with van der Waals surface area (Å²) in [5.41, 5.74) is 5.32. The largest absolute Gasteiger partial charge is 0.384 e. The van der Waals surface area contributed by atoms with Crippen LogP contribution in [-0.4, -0.2) is 43.2 Å². The predicted octanol–water partition coefficient (Wildman–Crippen LogP) is 5.74. The van der Waals surface area contributed by atoms with E-state index in [-0.39, 0.29) is 12.0 Å². The smallest absolute Gasteiger partial charge is 0.211 e. The molecule has 5 aromatic heterocycles. The SMILES string of the molecule is Cc1noc(C)c1-c1cnc2c3onc(C(C)(C)O)c3n(C(c3cc(Cl)ccn3)C3CCOCC3)c2c1. The van der Waals surface area contributed by atoms with Crippen molar-refractivity contribution in [3.8, 4) is 11.1 Å². The van der Waals surface area contributed by atoms with Crippen molar-refractivity contribution in [3.05, 3.63) is 58.5 Å². The van der Waals surface area contributed by atoms with E-state index in [1.165, 1.54) is 0 Å². The number of hydrogen-bond donors (Lipinski definition) is 1. The van der Waals surface area contributed by atoms with Gasteiger partial charge in [-0.25, -0.2) is 4.98 Å². The molecule has 0 aromatic carbocycles. The summed E-state index contributed by atoms with van der Waals surface area (Å²) in [5, 5.41) is 20.1. The molecule has 0 amide bonds. The van der Waals surface area contributed by atoms with Crippen LogP contribution >= 0.6 is 11.6 Å². The maximum Gasteiger partial charge on any atom is 0.211 e. The molecule has 1 saturated heterocycles. The number of hydrogen-bond acceptors (Lipinski definition) is 8. The Morgan fingerprint density at radius 3 is 2.57 bits per heavy atom. The molecule has 1 N–H and O–H groups in total. The van der Waals surface area contributed by atoms with E-state index in [2.05, 4.69) is 20.9 Å². The van der Waals surface area contributed by atoms with Crippen LogP contribution in [0.2, 0.25) is 5.02 Å². The van der Waals surface area contributed by atoms with Crippen LogP contribution in [0.5, 0.6) is 0 Å². The number of ether oxygens (including phenoxy) is 1. The van der Waals surface area contributed by atoms with E-state index >= 15 is 0 Å². The fourth-order valence-electron chi connectivity index (χ4n) is 5.52. The van der Waals surface area contributed by atoms with E-state index in [1.54, 1.807) is 32.3 Å². The zero-order valence-corrected chi connectivity index (χ0v) is 21.9. The molecule has 0 saturated carbocycles. The molecule has 0 aliphatic carbocycles. The van der Waals surface area contributed by atoms with Gasteiger partial charge in [-0.1, -0.05) is 21.9 Å². The fraction of sp³-hybridized carbons (Fsp3) is 0.407. The third-order valence-corrected chi connectivity index (χ3v) is 7.42. The van der Waals surface area contributed by atoms with Crippen LogP contribution in [0.1, 0.15) is 55.6 Å². The van der Waals surface area contributed by atoms with Gasteiger partial charge in [0.05, 0.1) is 22.9 Å². The molecule has 0 bridgehead atoms. The maximum atomic E-state index is 11.1. The lowest BCUT2D eigenvalue weighted by molar-refractivity contribution is 0.0542. The van der Waals surface area contributed by atoms with Crippen LogP contribution in [-0.2, 0) is 10.3 Å². The summed E-state index contributed by atoms with van der Waals surface area (Å²) in [7, 11) is 0. The number of nitrogens with zero attached hydrogens (tertiary/aromatic N) is 5. The summed E-state index contributed by atoms with van der Waals surface area (Å²) in [6.07, 6.45) is 5.22. The number of halogens is 1. The molecule has 10 heteroatoms. The van der Waals surface area contributed by atoms with E-state index in [0.29, 0.717) is 40.5 Å². The van der Waals surface area contributed by atoms with Gasteiger partial charge in [-0.2, -0.15) is 0 Å². The Morgan fingerprint density at radius 2 is 1.89 bits per heavy atom. The minimum absolute atomic E-state index is 0.200. The van der Waals surface area contributed by atoms with E-state index in [0.717, 1.165) is 46.6 Å². The molecule has 1 fully saturated rings. The second kappa shape index (κ2) is 8.93. The first-order chi connectivity index (χ1) is 17.7. The molecule has 1 aliphatic heterocycles. The van der Waals surface area contributed by atoms with Crippen LogP contribution < -0.4 is 0 Å². The number of aromatic nitrogens is 5. The van der Waals surface area contributed by atoms with Gasteiger partial charge in [0.2, 0.25) is 5.58 Å². The molecule has 1 aliphatic rings. The van der Waals surface area contributed by atoms with Gasteiger partial charge in [0.1, 0.15) is 28.1 Å². The molecule has 37 heavy (non-hydrogen) atoms. The second-order valence-electron chi connectivity index (χ2n) is 10.2. The van der Waals surface area contributed by atoms with Gasteiger partial charge in [0.25, 0.3) is 0 Å². The molecule has 5 aromatic rings. The Labute approximate surface area is 218 Å². The Hall–Kier alpha value is -3.27. The zero-order valence-electron chi connectivity index (χ0n) is 21.2. The molecule has 0 spiro atoms. The highest BCUT2D eigenvalue weighted by Gasteiger charge is 2.36. The number of pyridine rings is 2. The average Bonchev–Trinajstić information content (AvgIpc) is 3.53. The Bertz CT molecular complexity index is 1590. The number of rotatable bonds is 5. The summed E-state index contributed by atoms with van der Waals surface area (Å²) in [6, 6.07) is 5.54. The summed E-state index contributed by atoms with van der Waals surface area (Å²) in [5.74, 6) is 0.919. The highest BCUT2D eigenvalue weighted by Crippen LogP contribution is 2.43. The quantitative estimate of drug-likeness (QED) is 0.311. The Morgan fingerprint density at radius 1 is 1.11 bits per heavy atom. The minimum atomic E-state index is -1.25. The highest BCUT2D eigenvalue weighted by molar-refractivity contribution is 6.30. The molecule has 9 nitrogen and oxygen atoms in total. The molecule has 0 radical (unpaired) electrons. The second-order valence-corrected chi connectivity index (χ2v) is 10.7. The van der Waals surface area contributed by atoms with Crippen LogP contribution in [0.3, 0.4) is 0 Å². The third kappa shape index (κ3) is 4.02. The Balaban J connectivity index is 1.71. The van der Waals surface area contributed by atoms with Crippen molar-refractivity contribution in [1.82, 2.24) is 24.8 Å². The first kappa shape index (κ1) is 24.1. The minimum Gasteiger partial charge on any atom is -0.384 e. The van der Waals surface area contributed by atoms with Gasteiger partial charge in [-0.05, 0) is 64.7 Å². The molecule has 6 heterocycles. The van der Waals surface area contributed by atoms with Crippen molar-refractivity contribution < 1.29 is 18.9 Å². The lowest BCUT2D eigenvalue weighted by Gasteiger charge is -2.32. The summed E-state index contributed by atoms with van der Waals surface area (Å²) in [6.45, 7) is 8.54.